The SMILES string of the molecule is CC(Nc1cnc2ccc3ccc(NS(C)(=O)=O)cc3c(=O)c2c1)c1ccccc1. The summed E-state index contributed by atoms with van der Waals surface area (Å²) >= 11 is 0. The molecule has 1 unspecified atom stereocenters. The summed E-state index contributed by atoms with van der Waals surface area (Å²) in [6.45, 7) is 2.04. The fourth-order valence-electron chi connectivity index (χ4n) is 3.43. The van der Waals surface area contributed by atoms with Crippen LogP contribution in [0.4, 0.5) is 11.4 Å². The monoisotopic (exact) mass is 419 g/mol. The molecule has 1 heterocycles. The normalized spacial score (nSPS) is 12.6. The third-order valence-corrected chi connectivity index (χ3v) is 5.47. The molecule has 0 saturated carbocycles. The van der Waals surface area contributed by atoms with E-state index in [0.717, 1.165) is 17.5 Å². The summed E-state index contributed by atoms with van der Waals surface area (Å²) in [5, 5.41) is 4.99. The van der Waals surface area contributed by atoms with Crippen molar-refractivity contribution in [2.24, 2.45) is 0 Å². The van der Waals surface area contributed by atoms with E-state index in [4.69, 9.17) is 0 Å². The van der Waals surface area contributed by atoms with Crippen molar-refractivity contribution in [3.05, 3.63) is 88.7 Å². The van der Waals surface area contributed by atoms with Gasteiger partial charge in [0.1, 0.15) is 0 Å². The van der Waals surface area contributed by atoms with Gasteiger partial charge in [-0.25, -0.2) is 8.42 Å². The van der Waals surface area contributed by atoms with E-state index in [1.165, 1.54) is 0 Å². The van der Waals surface area contributed by atoms with Gasteiger partial charge in [0.15, 0.2) is 5.43 Å². The molecular weight excluding hydrogens is 398 g/mol. The zero-order chi connectivity index (χ0) is 21.3. The Morgan fingerprint density at radius 2 is 1.60 bits per heavy atom. The minimum Gasteiger partial charge on any atom is -0.377 e. The highest BCUT2D eigenvalue weighted by Gasteiger charge is 2.10. The summed E-state index contributed by atoms with van der Waals surface area (Å²) in [7, 11) is -3.44. The molecular formula is C23H21N3O3S. The number of hydrogen-bond acceptors (Lipinski definition) is 5. The first-order valence-electron chi connectivity index (χ1n) is 9.46. The predicted octanol–water partition coefficient (Wildman–Crippen LogP) is 4.29. The fourth-order valence-corrected chi connectivity index (χ4v) is 3.99. The van der Waals surface area contributed by atoms with Gasteiger partial charge in [-0.2, -0.15) is 0 Å². The van der Waals surface area contributed by atoms with Crippen LogP contribution in [0.15, 0.2) is 77.7 Å². The predicted molar refractivity (Wildman–Crippen MR) is 122 cm³/mol. The van der Waals surface area contributed by atoms with Gasteiger partial charge < -0.3 is 5.32 Å². The maximum atomic E-state index is 13.3. The second-order valence-corrected chi connectivity index (χ2v) is 9.02. The second-order valence-electron chi connectivity index (χ2n) is 7.27. The van der Waals surface area contributed by atoms with Crippen LogP contribution < -0.4 is 15.5 Å². The number of rotatable bonds is 5. The minimum atomic E-state index is -3.44. The highest BCUT2D eigenvalue weighted by atomic mass is 32.2. The molecule has 30 heavy (non-hydrogen) atoms. The Labute approximate surface area is 174 Å². The Morgan fingerprint density at radius 1 is 0.900 bits per heavy atom. The molecule has 0 spiro atoms. The molecule has 0 amide bonds. The maximum absolute atomic E-state index is 13.3. The Bertz CT molecular complexity index is 1400. The second kappa shape index (κ2) is 7.76. The third kappa shape index (κ3) is 4.26. The third-order valence-electron chi connectivity index (χ3n) is 4.87. The Kier molecular flexibility index (Phi) is 5.13. The molecule has 3 aromatic carbocycles. The molecule has 2 N–H and O–H groups in total. The van der Waals surface area contributed by atoms with Crippen LogP contribution in [-0.4, -0.2) is 19.7 Å². The molecule has 0 aliphatic carbocycles. The van der Waals surface area contributed by atoms with Crippen molar-refractivity contribution in [1.82, 2.24) is 4.98 Å². The standard InChI is InChI=1S/C23H21N3O3S/c1-15(16-6-4-3-5-7-16)25-19-13-21-22(24-14-19)11-9-17-8-10-18(26-30(2,28)29)12-20(17)23(21)27/h3-15,25-26H,1-2H3. The number of nitrogens with zero attached hydrogens (tertiary/aromatic N) is 1. The first kappa shape index (κ1) is 19.8. The van der Waals surface area contributed by atoms with Gasteiger partial charge in [0, 0.05) is 17.1 Å². The van der Waals surface area contributed by atoms with Crippen LogP contribution in [0.1, 0.15) is 18.5 Å². The Hall–Kier alpha value is -3.45. The molecule has 7 heteroatoms. The summed E-state index contributed by atoms with van der Waals surface area (Å²) in [6, 6.07) is 20.4. The maximum Gasteiger partial charge on any atom is 0.229 e. The van der Waals surface area contributed by atoms with Gasteiger partial charge in [0.05, 0.1) is 29.0 Å². The Morgan fingerprint density at radius 3 is 2.33 bits per heavy atom. The molecule has 4 aromatic rings. The highest BCUT2D eigenvalue weighted by Crippen LogP contribution is 2.23. The molecule has 0 radical (unpaired) electrons. The van der Waals surface area contributed by atoms with Crippen molar-refractivity contribution >= 4 is 43.1 Å². The van der Waals surface area contributed by atoms with Gasteiger partial charge >= 0.3 is 0 Å². The van der Waals surface area contributed by atoms with Crippen molar-refractivity contribution in [2.75, 3.05) is 16.3 Å². The quantitative estimate of drug-likeness (QED) is 0.504. The van der Waals surface area contributed by atoms with Gasteiger partial charge in [-0.05, 0) is 42.1 Å². The average Bonchev–Trinajstić information content (AvgIpc) is 2.84. The lowest BCUT2D eigenvalue weighted by atomic mass is 10.1. The van der Waals surface area contributed by atoms with Crippen molar-refractivity contribution in [1.29, 1.82) is 0 Å². The molecule has 0 fully saturated rings. The Balaban J connectivity index is 1.81. The van der Waals surface area contributed by atoms with Crippen LogP contribution in [0.3, 0.4) is 0 Å². The van der Waals surface area contributed by atoms with Gasteiger partial charge in [-0.3, -0.25) is 14.5 Å². The van der Waals surface area contributed by atoms with Crippen LogP contribution in [0.25, 0.3) is 21.7 Å². The van der Waals surface area contributed by atoms with Crippen LogP contribution >= 0.6 is 0 Å². The summed E-state index contributed by atoms with van der Waals surface area (Å²) in [5.41, 5.74) is 2.58. The van der Waals surface area contributed by atoms with E-state index in [2.05, 4.69) is 15.0 Å². The lowest BCUT2D eigenvalue weighted by Gasteiger charge is -2.15. The molecule has 0 saturated heterocycles. The smallest absolute Gasteiger partial charge is 0.229 e. The van der Waals surface area contributed by atoms with Crippen LogP contribution in [0.2, 0.25) is 0 Å². The summed E-state index contributed by atoms with van der Waals surface area (Å²) in [5.74, 6) is 0. The van der Waals surface area contributed by atoms with Crippen molar-refractivity contribution in [3.63, 3.8) is 0 Å². The number of pyridine rings is 1. The number of fused-ring (bicyclic) bond motifs is 2. The number of benzene rings is 2. The molecule has 1 atom stereocenters. The largest absolute Gasteiger partial charge is 0.377 e. The van der Waals surface area contributed by atoms with Crippen molar-refractivity contribution in [3.8, 4) is 0 Å². The van der Waals surface area contributed by atoms with E-state index in [9.17, 15) is 13.2 Å². The molecule has 0 bridgehead atoms. The van der Waals surface area contributed by atoms with E-state index in [1.807, 2.05) is 43.3 Å². The van der Waals surface area contributed by atoms with Crippen molar-refractivity contribution < 1.29 is 8.42 Å². The van der Waals surface area contributed by atoms with Crippen molar-refractivity contribution in [2.45, 2.75) is 13.0 Å². The molecule has 6 nitrogen and oxygen atoms in total. The zero-order valence-electron chi connectivity index (χ0n) is 16.6. The molecule has 0 aliphatic heterocycles. The number of sulfonamides is 1. The van der Waals surface area contributed by atoms with Gasteiger partial charge in [-0.15, -0.1) is 0 Å². The van der Waals surface area contributed by atoms with E-state index < -0.39 is 10.0 Å². The first-order chi connectivity index (χ1) is 14.3. The molecule has 1 aromatic heterocycles. The number of anilines is 2. The summed E-state index contributed by atoms with van der Waals surface area (Å²) in [6.07, 6.45) is 2.79. The summed E-state index contributed by atoms with van der Waals surface area (Å²) < 4.78 is 25.5. The lowest BCUT2D eigenvalue weighted by Crippen LogP contribution is -2.10. The minimum absolute atomic E-state index is 0.0420. The van der Waals surface area contributed by atoms with Gasteiger partial charge in [0.25, 0.3) is 0 Å². The van der Waals surface area contributed by atoms with Crippen LogP contribution in [-0.2, 0) is 10.0 Å². The van der Waals surface area contributed by atoms with Crippen LogP contribution in [0, 0.1) is 0 Å². The zero-order valence-corrected chi connectivity index (χ0v) is 17.4. The number of aromatic nitrogens is 1. The van der Waals surface area contributed by atoms with E-state index >= 15 is 0 Å². The fraction of sp³-hybridized carbons (Fsp3) is 0.130. The first-order valence-corrected chi connectivity index (χ1v) is 11.4. The molecule has 152 valence electrons. The number of hydrogen-bond donors (Lipinski definition) is 2. The lowest BCUT2D eigenvalue weighted by molar-refractivity contribution is 0.607. The van der Waals surface area contributed by atoms with Gasteiger partial charge in [0.2, 0.25) is 10.0 Å². The van der Waals surface area contributed by atoms with E-state index in [0.29, 0.717) is 27.4 Å². The topological polar surface area (TPSA) is 88.2 Å². The number of nitrogens with one attached hydrogen (secondary N) is 2. The highest BCUT2D eigenvalue weighted by molar-refractivity contribution is 7.92. The molecule has 4 rings (SSSR count). The van der Waals surface area contributed by atoms with Gasteiger partial charge in [-0.1, -0.05) is 42.5 Å². The van der Waals surface area contributed by atoms with Crippen LogP contribution in [0.5, 0.6) is 0 Å². The summed E-state index contributed by atoms with van der Waals surface area (Å²) in [4.78, 5) is 17.7. The average molecular weight is 420 g/mol. The molecule has 0 aliphatic rings. The van der Waals surface area contributed by atoms with E-state index in [-0.39, 0.29) is 11.5 Å². The van der Waals surface area contributed by atoms with E-state index in [1.54, 1.807) is 36.5 Å².